The number of aromatic nitrogens is 1. The van der Waals surface area contributed by atoms with Gasteiger partial charge in [-0.2, -0.15) is 0 Å². The summed E-state index contributed by atoms with van der Waals surface area (Å²) in [6.07, 6.45) is 1.69. The monoisotopic (exact) mass is 266 g/mol. The first-order valence-corrected chi connectivity index (χ1v) is 6.22. The van der Waals surface area contributed by atoms with Gasteiger partial charge in [0.15, 0.2) is 11.6 Å². The number of hydrogen-bond acceptors (Lipinski definition) is 3. The summed E-state index contributed by atoms with van der Waals surface area (Å²) in [5.41, 5.74) is 6.65. The fourth-order valence-electron chi connectivity index (χ4n) is 1.38. The van der Waals surface area contributed by atoms with Gasteiger partial charge in [-0.1, -0.05) is 17.8 Å². The molecule has 0 aliphatic carbocycles. The predicted molar refractivity (Wildman–Crippen MR) is 67.3 cm³/mol. The molecule has 0 saturated heterocycles. The molecule has 1 atom stereocenters. The van der Waals surface area contributed by atoms with Crippen LogP contribution < -0.4 is 5.73 Å². The van der Waals surface area contributed by atoms with Gasteiger partial charge in [-0.05, 0) is 36.8 Å². The Morgan fingerprint density at radius 1 is 1.17 bits per heavy atom. The minimum Gasteiger partial charge on any atom is -0.324 e. The van der Waals surface area contributed by atoms with E-state index < -0.39 is 11.6 Å². The molecule has 2 nitrogen and oxygen atoms in total. The van der Waals surface area contributed by atoms with E-state index in [9.17, 15) is 8.78 Å². The van der Waals surface area contributed by atoms with Crippen molar-refractivity contribution in [1.29, 1.82) is 0 Å². The molecule has 0 bridgehead atoms. The van der Waals surface area contributed by atoms with Crippen molar-refractivity contribution in [2.24, 2.45) is 5.73 Å². The van der Waals surface area contributed by atoms with Crippen LogP contribution in [0.25, 0.3) is 0 Å². The molecule has 5 heteroatoms. The average molecular weight is 266 g/mol. The van der Waals surface area contributed by atoms with Crippen molar-refractivity contribution < 1.29 is 8.78 Å². The number of benzene rings is 1. The zero-order valence-electron chi connectivity index (χ0n) is 9.73. The van der Waals surface area contributed by atoms with Crippen molar-refractivity contribution in [1.82, 2.24) is 4.98 Å². The van der Waals surface area contributed by atoms with Gasteiger partial charge in [0.05, 0.1) is 0 Å². The van der Waals surface area contributed by atoms with Gasteiger partial charge in [0.25, 0.3) is 0 Å². The molecule has 1 aromatic carbocycles. The highest BCUT2D eigenvalue weighted by atomic mass is 32.2. The first kappa shape index (κ1) is 13.0. The van der Waals surface area contributed by atoms with Crippen LogP contribution in [0.2, 0.25) is 0 Å². The zero-order chi connectivity index (χ0) is 13.1. The Balaban J connectivity index is 2.15. The minimum absolute atomic E-state index is 0.0696. The highest BCUT2D eigenvalue weighted by molar-refractivity contribution is 7.99. The lowest BCUT2D eigenvalue weighted by Crippen LogP contribution is -2.04. The number of rotatable bonds is 3. The van der Waals surface area contributed by atoms with Crippen molar-refractivity contribution in [2.75, 3.05) is 0 Å². The number of pyridine rings is 1. The summed E-state index contributed by atoms with van der Waals surface area (Å²) < 4.78 is 25.8. The van der Waals surface area contributed by atoms with Crippen LogP contribution in [0.1, 0.15) is 18.5 Å². The second kappa shape index (κ2) is 5.46. The summed E-state index contributed by atoms with van der Waals surface area (Å²) in [4.78, 5) is 4.82. The fourth-order valence-corrected chi connectivity index (χ4v) is 2.16. The molecule has 2 aromatic rings. The van der Waals surface area contributed by atoms with Crippen LogP contribution in [-0.2, 0) is 0 Å². The van der Waals surface area contributed by atoms with Crippen molar-refractivity contribution in [3.05, 3.63) is 53.7 Å². The third kappa shape index (κ3) is 3.05. The van der Waals surface area contributed by atoms with Crippen molar-refractivity contribution >= 4 is 11.8 Å². The maximum absolute atomic E-state index is 13.0. The number of hydrogen-bond donors (Lipinski definition) is 1. The summed E-state index contributed by atoms with van der Waals surface area (Å²) in [6, 6.07) is 7.39. The van der Waals surface area contributed by atoms with E-state index in [2.05, 4.69) is 4.98 Å². The van der Waals surface area contributed by atoms with E-state index in [1.54, 1.807) is 6.20 Å². The molecular weight excluding hydrogens is 254 g/mol. The second-order valence-corrected chi connectivity index (χ2v) is 4.99. The SMILES string of the molecule is C[C@@H](N)c1ccc(Sc2ccc(F)c(F)c2)nc1. The molecule has 2 rings (SSSR count). The first-order chi connectivity index (χ1) is 8.56. The summed E-state index contributed by atoms with van der Waals surface area (Å²) in [5.74, 6) is -1.70. The maximum atomic E-state index is 13.0. The molecule has 0 unspecified atom stereocenters. The summed E-state index contributed by atoms with van der Waals surface area (Å²) in [5, 5.41) is 0.713. The van der Waals surface area contributed by atoms with Crippen LogP contribution in [0.5, 0.6) is 0 Å². The molecule has 0 amide bonds. The minimum atomic E-state index is -0.854. The molecule has 94 valence electrons. The van der Waals surface area contributed by atoms with Crippen LogP contribution in [0.4, 0.5) is 8.78 Å². The van der Waals surface area contributed by atoms with E-state index in [1.165, 1.54) is 17.8 Å². The lowest BCUT2D eigenvalue weighted by molar-refractivity contribution is 0.506. The van der Waals surface area contributed by atoms with E-state index in [1.807, 2.05) is 19.1 Å². The van der Waals surface area contributed by atoms with Gasteiger partial charge in [0.1, 0.15) is 5.03 Å². The molecule has 0 aliphatic heterocycles. The molecule has 0 spiro atoms. The Hall–Kier alpha value is -1.46. The summed E-state index contributed by atoms with van der Waals surface area (Å²) in [7, 11) is 0. The van der Waals surface area contributed by atoms with Gasteiger partial charge in [-0.15, -0.1) is 0 Å². The normalized spacial score (nSPS) is 12.4. The van der Waals surface area contributed by atoms with E-state index in [-0.39, 0.29) is 6.04 Å². The van der Waals surface area contributed by atoms with Gasteiger partial charge in [-0.3, -0.25) is 0 Å². The lowest BCUT2D eigenvalue weighted by Gasteiger charge is -2.06. The third-order valence-corrected chi connectivity index (χ3v) is 3.34. The van der Waals surface area contributed by atoms with Crippen molar-refractivity contribution in [3.63, 3.8) is 0 Å². The highest BCUT2D eigenvalue weighted by Gasteiger charge is 2.05. The molecule has 0 fully saturated rings. The number of nitrogens with zero attached hydrogens (tertiary/aromatic N) is 1. The van der Waals surface area contributed by atoms with Crippen LogP contribution in [0, 0.1) is 11.6 Å². The Kier molecular flexibility index (Phi) is 3.93. The van der Waals surface area contributed by atoms with Gasteiger partial charge in [0, 0.05) is 17.1 Å². The number of nitrogens with two attached hydrogens (primary N) is 1. The number of halogens is 2. The Bertz CT molecular complexity index is 541. The molecular formula is C13H12F2N2S. The van der Waals surface area contributed by atoms with Crippen molar-refractivity contribution in [2.45, 2.75) is 22.9 Å². The molecule has 0 radical (unpaired) electrons. The molecule has 2 N–H and O–H groups in total. The summed E-state index contributed by atoms with van der Waals surface area (Å²) >= 11 is 1.27. The van der Waals surface area contributed by atoms with Crippen LogP contribution >= 0.6 is 11.8 Å². The average Bonchev–Trinajstić information content (AvgIpc) is 2.34. The first-order valence-electron chi connectivity index (χ1n) is 5.40. The van der Waals surface area contributed by atoms with Gasteiger partial charge in [-0.25, -0.2) is 13.8 Å². The molecule has 1 heterocycles. The quantitative estimate of drug-likeness (QED) is 0.923. The second-order valence-electron chi connectivity index (χ2n) is 3.90. The van der Waals surface area contributed by atoms with Crippen LogP contribution in [0.15, 0.2) is 46.5 Å². The summed E-state index contributed by atoms with van der Waals surface area (Å²) in [6.45, 7) is 1.87. The van der Waals surface area contributed by atoms with Gasteiger partial charge >= 0.3 is 0 Å². The molecule has 1 aromatic heterocycles. The van der Waals surface area contributed by atoms with Gasteiger partial charge < -0.3 is 5.73 Å². The Morgan fingerprint density at radius 2 is 1.94 bits per heavy atom. The highest BCUT2D eigenvalue weighted by Crippen LogP contribution is 2.27. The van der Waals surface area contributed by atoms with E-state index in [4.69, 9.17) is 5.73 Å². The van der Waals surface area contributed by atoms with E-state index >= 15 is 0 Å². The predicted octanol–water partition coefficient (Wildman–Crippen LogP) is 3.53. The van der Waals surface area contributed by atoms with Gasteiger partial charge in [0.2, 0.25) is 0 Å². The van der Waals surface area contributed by atoms with E-state index in [0.29, 0.717) is 9.92 Å². The van der Waals surface area contributed by atoms with Crippen molar-refractivity contribution in [3.8, 4) is 0 Å². The third-order valence-electron chi connectivity index (χ3n) is 2.40. The smallest absolute Gasteiger partial charge is 0.159 e. The Labute approximate surface area is 108 Å². The molecule has 18 heavy (non-hydrogen) atoms. The van der Waals surface area contributed by atoms with Crippen LogP contribution in [0.3, 0.4) is 0 Å². The van der Waals surface area contributed by atoms with Crippen LogP contribution in [-0.4, -0.2) is 4.98 Å². The fraction of sp³-hybridized carbons (Fsp3) is 0.154. The Morgan fingerprint density at radius 3 is 2.50 bits per heavy atom. The maximum Gasteiger partial charge on any atom is 0.159 e. The standard InChI is InChI=1S/C13H12F2N2S/c1-8(16)9-2-5-13(17-7-9)18-10-3-4-11(14)12(15)6-10/h2-8H,16H2,1H3/t8-/m1/s1. The lowest BCUT2D eigenvalue weighted by atomic mass is 10.2. The zero-order valence-corrected chi connectivity index (χ0v) is 10.5. The topological polar surface area (TPSA) is 38.9 Å². The largest absolute Gasteiger partial charge is 0.324 e. The molecule has 0 aliphatic rings. The van der Waals surface area contributed by atoms with E-state index in [0.717, 1.165) is 17.7 Å². The molecule has 0 saturated carbocycles.